The Morgan fingerprint density at radius 2 is 1.89 bits per heavy atom. The summed E-state index contributed by atoms with van der Waals surface area (Å²) in [4.78, 5) is -0.00984. The first kappa shape index (κ1) is 15.5. The van der Waals surface area contributed by atoms with E-state index in [0.717, 1.165) is 14.5 Å². The van der Waals surface area contributed by atoms with Crippen LogP contribution in [0.3, 0.4) is 0 Å². The molecule has 0 aliphatic carbocycles. The summed E-state index contributed by atoms with van der Waals surface area (Å²) < 4.78 is 15.7. The molecular weight excluding hydrogens is 462 g/mol. The monoisotopic (exact) mass is 468 g/mol. The van der Waals surface area contributed by atoms with Crippen LogP contribution in [0.25, 0.3) is 0 Å². The van der Waals surface area contributed by atoms with Gasteiger partial charge in [-0.1, -0.05) is 71.5 Å². The molecule has 1 unspecified atom stereocenters. The van der Waals surface area contributed by atoms with Gasteiger partial charge in [-0.15, -0.1) is 0 Å². The van der Waals surface area contributed by atoms with Gasteiger partial charge in [0, 0.05) is 24.4 Å². The van der Waals surface area contributed by atoms with E-state index in [0.29, 0.717) is 17.0 Å². The molecule has 0 saturated carbocycles. The quantitative estimate of drug-likeness (QED) is 0.438. The summed E-state index contributed by atoms with van der Waals surface area (Å²) in [5, 5.41) is 0.456. The second kappa shape index (κ2) is 6.70. The van der Waals surface area contributed by atoms with Crippen molar-refractivity contribution in [1.82, 2.24) is 0 Å². The first-order chi connectivity index (χ1) is 8.99. The van der Waals surface area contributed by atoms with Crippen molar-refractivity contribution < 1.29 is 4.39 Å². The Morgan fingerprint density at radius 1 is 1.16 bits per heavy atom. The van der Waals surface area contributed by atoms with Crippen LogP contribution in [-0.4, -0.2) is 0 Å². The number of benzene rings is 2. The second-order valence-corrected chi connectivity index (χ2v) is 7.32. The highest BCUT2D eigenvalue weighted by Gasteiger charge is 2.16. The van der Waals surface area contributed by atoms with Gasteiger partial charge in [-0.25, -0.2) is 4.39 Å². The fraction of sp³-hybridized carbons (Fsp3) is 0.143. The molecule has 0 radical (unpaired) electrons. The summed E-state index contributed by atoms with van der Waals surface area (Å²) in [5.41, 5.74) is 1.59. The highest BCUT2D eigenvalue weighted by Crippen LogP contribution is 2.36. The van der Waals surface area contributed by atoms with Gasteiger partial charge in [0.1, 0.15) is 5.82 Å². The molecule has 0 aliphatic rings. The third-order valence-corrected chi connectivity index (χ3v) is 5.10. The number of hydrogen-bond donors (Lipinski definition) is 0. The zero-order valence-electron chi connectivity index (χ0n) is 9.64. The normalized spacial score (nSPS) is 12.5. The standard InChI is InChI=1S/C14H9Br3ClF/c15-8-4-5-9(11(16)6-8)12(17)7-10-13(18)2-1-3-14(10)19/h1-6,12H,7H2. The minimum atomic E-state index is -0.273. The number of hydrogen-bond acceptors (Lipinski definition) is 0. The first-order valence-electron chi connectivity index (χ1n) is 5.51. The summed E-state index contributed by atoms with van der Waals surface area (Å²) in [6, 6.07) is 10.7. The van der Waals surface area contributed by atoms with Crippen LogP contribution < -0.4 is 0 Å². The minimum absolute atomic E-state index is 0.00984. The van der Waals surface area contributed by atoms with E-state index in [-0.39, 0.29) is 10.6 Å². The highest BCUT2D eigenvalue weighted by atomic mass is 79.9. The molecule has 2 aromatic rings. The van der Waals surface area contributed by atoms with Crippen LogP contribution in [0.1, 0.15) is 16.0 Å². The van der Waals surface area contributed by atoms with Crippen molar-refractivity contribution in [2.45, 2.75) is 11.2 Å². The molecule has 0 heterocycles. The molecule has 0 fully saturated rings. The Bertz CT molecular complexity index is 581. The second-order valence-electron chi connectivity index (χ2n) is 4.04. The van der Waals surface area contributed by atoms with Crippen molar-refractivity contribution in [3.63, 3.8) is 0 Å². The van der Waals surface area contributed by atoms with Crippen LogP contribution in [-0.2, 0) is 6.42 Å². The van der Waals surface area contributed by atoms with Gasteiger partial charge in [0.15, 0.2) is 0 Å². The van der Waals surface area contributed by atoms with E-state index >= 15 is 0 Å². The molecule has 0 saturated heterocycles. The van der Waals surface area contributed by atoms with Gasteiger partial charge >= 0.3 is 0 Å². The molecule has 5 heteroatoms. The molecule has 0 spiro atoms. The van der Waals surface area contributed by atoms with Crippen molar-refractivity contribution in [1.29, 1.82) is 0 Å². The zero-order valence-corrected chi connectivity index (χ0v) is 15.2. The lowest BCUT2D eigenvalue weighted by molar-refractivity contribution is 0.608. The molecule has 0 nitrogen and oxygen atoms in total. The van der Waals surface area contributed by atoms with Crippen molar-refractivity contribution in [3.8, 4) is 0 Å². The molecule has 19 heavy (non-hydrogen) atoms. The van der Waals surface area contributed by atoms with E-state index in [1.54, 1.807) is 12.1 Å². The predicted octanol–water partition coefficient (Wildman–Crippen LogP) is 6.68. The van der Waals surface area contributed by atoms with E-state index < -0.39 is 0 Å². The van der Waals surface area contributed by atoms with Gasteiger partial charge in [0.25, 0.3) is 0 Å². The molecule has 1 atom stereocenters. The molecule has 0 N–H and O–H groups in total. The predicted molar refractivity (Wildman–Crippen MR) is 88.6 cm³/mol. The van der Waals surface area contributed by atoms with E-state index in [9.17, 15) is 4.39 Å². The molecule has 100 valence electrons. The molecule has 2 rings (SSSR count). The summed E-state index contributed by atoms with van der Waals surface area (Å²) in [6.45, 7) is 0. The van der Waals surface area contributed by atoms with Gasteiger partial charge in [-0.3, -0.25) is 0 Å². The number of alkyl halides is 1. The molecule has 0 aromatic heterocycles. The third kappa shape index (κ3) is 3.81. The van der Waals surface area contributed by atoms with Crippen molar-refractivity contribution in [2.24, 2.45) is 0 Å². The van der Waals surface area contributed by atoms with Crippen molar-refractivity contribution in [2.75, 3.05) is 0 Å². The van der Waals surface area contributed by atoms with E-state index in [1.165, 1.54) is 6.07 Å². The van der Waals surface area contributed by atoms with E-state index in [2.05, 4.69) is 47.8 Å². The van der Waals surface area contributed by atoms with Crippen LogP contribution in [0.4, 0.5) is 4.39 Å². The van der Waals surface area contributed by atoms with Gasteiger partial charge in [0.05, 0.1) is 0 Å². The van der Waals surface area contributed by atoms with Crippen LogP contribution in [0.15, 0.2) is 45.3 Å². The average Bonchev–Trinajstić information content (AvgIpc) is 2.33. The van der Waals surface area contributed by atoms with Crippen LogP contribution in [0.2, 0.25) is 5.02 Å². The van der Waals surface area contributed by atoms with Crippen molar-refractivity contribution in [3.05, 3.63) is 67.3 Å². The molecule has 2 aromatic carbocycles. The zero-order chi connectivity index (χ0) is 14.0. The Morgan fingerprint density at radius 3 is 2.53 bits per heavy atom. The van der Waals surface area contributed by atoms with E-state index in [4.69, 9.17) is 11.6 Å². The average molecular weight is 471 g/mol. The van der Waals surface area contributed by atoms with Gasteiger partial charge in [0.2, 0.25) is 0 Å². The lowest BCUT2D eigenvalue weighted by Gasteiger charge is -2.14. The molecular formula is C14H9Br3ClF. The highest BCUT2D eigenvalue weighted by molar-refractivity contribution is 9.11. The maximum atomic E-state index is 13.8. The van der Waals surface area contributed by atoms with Crippen LogP contribution in [0.5, 0.6) is 0 Å². The summed E-state index contributed by atoms with van der Waals surface area (Å²) in [7, 11) is 0. The minimum Gasteiger partial charge on any atom is -0.207 e. The number of rotatable bonds is 3. The Kier molecular flexibility index (Phi) is 5.46. The SMILES string of the molecule is Fc1cccc(Cl)c1CC(Br)c1ccc(Br)cc1Br. The molecule has 0 bridgehead atoms. The van der Waals surface area contributed by atoms with Gasteiger partial charge < -0.3 is 0 Å². The lowest BCUT2D eigenvalue weighted by Crippen LogP contribution is -2.00. The van der Waals surface area contributed by atoms with Crippen LogP contribution in [0, 0.1) is 5.82 Å². The molecule has 0 amide bonds. The largest absolute Gasteiger partial charge is 0.207 e. The summed E-state index contributed by atoms with van der Waals surface area (Å²) in [6.07, 6.45) is 0.492. The fourth-order valence-corrected chi connectivity index (χ4v) is 4.37. The smallest absolute Gasteiger partial charge is 0.127 e. The van der Waals surface area contributed by atoms with Crippen molar-refractivity contribution >= 4 is 59.4 Å². The maximum Gasteiger partial charge on any atom is 0.127 e. The Hall–Kier alpha value is 0.1000. The summed E-state index contributed by atoms with van der Waals surface area (Å²) in [5.74, 6) is -0.273. The van der Waals surface area contributed by atoms with Crippen LogP contribution >= 0.6 is 59.4 Å². The summed E-state index contributed by atoms with van der Waals surface area (Å²) >= 11 is 16.6. The maximum absolute atomic E-state index is 13.8. The molecule has 0 aliphatic heterocycles. The first-order valence-corrected chi connectivity index (χ1v) is 8.39. The third-order valence-electron chi connectivity index (χ3n) is 2.74. The Labute approximate surface area is 141 Å². The number of halogens is 5. The van der Waals surface area contributed by atoms with E-state index in [1.807, 2.05) is 18.2 Å². The topological polar surface area (TPSA) is 0 Å². The van der Waals surface area contributed by atoms with Gasteiger partial charge in [-0.05, 0) is 36.2 Å². The Balaban J connectivity index is 2.28. The lowest BCUT2D eigenvalue weighted by atomic mass is 10.0. The fourth-order valence-electron chi connectivity index (χ4n) is 1.77. The van der Waals surface area contributed by atoms with Gasteiger partial charge in [-0.2, -0.15) is 0 Å².